The molecule has 1 aromatic rings. The van der Waals surface area contributed by atoms with Crippen LogP contribution in [0.5, 0.6) is 0 Å². The van der Waals surface area contributed by atoms with Gasteiger partial charge in [0.05, 0.1) is 11.9 Å². The topological polar surface area (TPSA) is 32.3 Å². The first-order valence-electron chi connectivity index (χ1n) is 4.79. The first-order valence-corrected chi connectivity index (χ1v) is 4.79. The summed E-state index contributed by atoms with van der Waals surface area (Å²) in [5.74, 6) is -1.18. The zero-order valence-corrected chi connectivity index (χ0v) is 8.06. The van der Waals surface area contributed by atoms with Crippen molar-refractivity contribution in [3.8, 4) is 0 Å². The minimum Gasteiger partial charge on any atom is -0.514 e. The lowest BCUT2D eigenvalue weighted by molar-refractivity contribution is 0.464. The lowest BCUT2D eigenvalue weighted by Gasteiger charge is -2.09. The first kappa shape index (κ1) is 9.96. The number of benzene rings is 1. The third kappa shape index (κ3) is 1.93. The van der Waals surface area contributed by atoms with Crippen LogP contribution in [-0.2, 0) is 6.42 Å². The molecule has 0 fully saturated rings. The molecule has 0 bridgehead atoms. The van der Waals surface area contributed by atoms with Gasteiger partial charge in [0, 0.05) is 11.8 Å². The normalized spacial score (nSPS) is 18.1. The second-order valence-corrected chi connectivity index (χ2v) is 3.55. The summed E-state index contributed by atoms with van der Waals surface area (Å²) < 4.78 is 26.3. The molecule has 15 heavy (non-hydrogen) atoms. The van der Waals surface area contributed by atoms with Crippen LogP contribution in [0.25, 0.3) is 0 Å². The highest BCUT2D eigenvalue weighted by molar-refractivity contribution is 5.57. The Morgan fingerprint density at radius 2 is 2.07 bits per heavy atom. The van der Waals surface area contributed by atoms with Gasteiger partial charge in [-0.1, -0.05) is 0 Å². The van der Waals surface area contributed by atoms with E-state index in [2.05, 4.69) is 5.32 Å². The lowest BCUT2D eigenvalue weighted by Crippen LogP contribution is -2.01. The van der Waals surface area contributed by atoms with Crippen molar-refractivity contribution >= 4 is 5.69 Å². The summed E-state index contributed by atoms with van der Waals surface area (Å²) in [5.41, 5.74) is 1.44. The third-order valence-electron chi connectivity index (χ3n) is 2.47. The number of anilines is 1. The molecule has 0 saturated carbocycles. The Hall–Kier alpha value is -1.58. The van der Waals surface area contributed by atoms with Crippen LogP contribution < -0.4 is 5.32 Å². The van der Waals surface area contributed by atoms with Crippen molar-refractivity contribution in [2.75, 3.05) is 5.32 Å². The molecule has 0 radical (unpaired) electrons. The van der Waals surface area contributed by atoms with Crippen LogP contribution in [0.15, 0.2) is 24.1 Å². The molecular weight excluding hydrogens is 200 g/mol. The maximum atomic E-state index is 13.4. The molecule has 4 heteroatoms. The number of rotatable bonds is 0. The maximum Gasteiger partial charge on any atom is 0.149 e. The standard InChI is InChI=1S/C11H11F2NO/c12-8-4-7-2-1-3-9(6-15)14-11(7)10(13)5-8/h4-6,14-15H,1-3H2. The highest BCUT2D eigenvalue weighted by atomic mass is 19.1. The average molecular weight is 211 g/mol. The fraction of sp³-hybridized carbons (Fsp3) is 0.273. The summed E-state index contributed by atoms with van der Waals surface area (Å²) >= 11 is 0. The SMILES string of the molecule is OC=C1CCCc2cc(F)cc(F)c2N1. The van der Waals surface area contributed by atoms with Gasteiger partial charge >= 0.3 is 0 Å². The Balaban J connectivity index is 2.47. The molecule has 1 aliphatic heterocycles. The number of halogens is 2. The van der Waals surface area contributed by atoms with Crippen LogP contribution in [0.3, 0.4) is 0 Å². The van der Waals surface area contributed by atoms with Gasteiger partial charge in [-0.3, -0.25) is 0 Å². The first-order chi connectivity index (χ1) is 7.20. The van der Waals surface area contributed by atoms with Crippen molar-refractivity contribution < 1.29 is 13.9 Å². The van der Waals surface area contributed by atoms with Gasteiger partial charge in [-0.15, -0.1) is 0 Å². The van der Waals surface area contributed by atoms with E-state index in [9.17, 15) is 8.78 Å². The fourth-order valence-corrected chi connectivity index (χ4v) is 1.75. The Morgan fingerprint density at radius 3 is 2.80 bits per heavy atom. The van der Waals surface area contributed by atoms with Gasteiger partial charge in [0.25, 0.3) is 0 Å². The second kappa shape index (κ2) is 3.88. The van der Waals surface area contributed by atoms with Gasteiger partial charge in [0.15, 0.2) is 0 Å². The van der Waals surface area contributed by atoms with Crippen LogP contribution in [0.4, 0.5) is 14.5 Å². The predicted octanol–water partition coefficient (Wildman–Crippen LogP) is 3.11. The predicted molar refractivity (Wildman–Crippen MR) is 53.6 cm³/mol. The minimum absolute atomic E-state index is 0.272. The third-order valence-corrected chi connectivity index (χ3v) is 2.47. The van der Waals surface area contributed by atoms with Gasteiger partial charge in [-0.2, -0.15) is 0 Å². The number of aryl methyl sites for hydroxylation is 1. The van der Waals surface area contributed by atoms with E-state index < -0.39 is 11.6 Å². The smallest absolute Gasteiger partial charge is 0.149 e. The summed E-state index contributed by atoms with van der Waals surface area (Å²) in [6.45, 7) is 0. The van der Waals surface area contributed by atoms with E-state index >= 15 is 0 Å². The highest BCUT2D eigenvalue weighted by Crippen LogP contribution is 2.28. The summed E-state index contributed by atoms with van der Waals surface area (Å²) in [6.07, 6.45) is 2.92. The number of hydrogen-bond acceptors (Lipinski definition) is 2. The Labute approximate surface area is 86.2 Å². The van der Waals surface area contributed by atoms with E-state index in [-0.39, 0.29) is 5.69 Å². The van der Waals surface area contributed by atoms with Crippen LogP contribution >= 0.6 is 0 Å². The molecule has 0 saturated heterocycles. The summed E-state index contributed by atoms with van der Waals surface area (Å²) in [5, 5.41) is 11.6. The van der Waals surface area contributed by atoms with Gasteiger partial charge < -0.3 is 10.4 Å². The largest absolute Gasteiger partial charge is 0.514 e. The molecule has 0 amide bonds. The van der Waals surface area contributed by atoms with E-state index in [4.69, 9.17) is 5.11 Å². The monoisotopic (exact) mass is 211 g/mol. The lowest BCUT2D eigenvalue weighted by atomic mass is 10.1. The van der Waals surface area contributed by atoms with Gasteiger partial charge in [-0.25, -0.2) is 8.78 Å². The van der Waals surface area contributed by atoms with Gasteiger partial charge in [-0.05, 0) is 30.9 Å². The van der Waals surface area contributed by atoms with E-state index in [1.165, 1.54) is 6.07 Å². The summed E-state index contributed by atoms with van der Waals surface area (Å²) in [7, 11) is 0. The number of hydrogen-bond donors (Lipinski definition) is 2. The van der Waals surface area contributed by atoms with Crippen molar-refractivity contribution in [2.45, 2.75) is 19.3 Å². The van der Waals surface area contributed by atoms with Crippen molar-refractivity contribution in [2.24, 2.45) is 0 Å². The quantitative estimate of drug-likeness (QED) is 0.646. The van der Waals surface area contributed by atoms with Crippen LogP contribution in [0, 0.1) is 11.6 Å². The molecule has 1 aliphatic rings. The number of allylic oxidation sites excluding steroid dienone is 1. The van der Waals surface area contributed by atoms with Crippen LogP contribution in [0.1, 0.15) is 18.4 Å². The molecule has 1 heterocycles. The van der Waals surface area contributed by atoms with Crippen molar-refractivity contribution in [3.05, 3.63) is 41.3 Å². The summed E-state index contributed by atoms with van der Waals surface area (Å²) in [6, 6.07) is 2.16. The molecule has 80 valence electrons. The molecule has 0 spiro atoms. The zero-order chi connectivity index (χ0) is 10.8. The highest BCUT2D eigenvalue weighted by Gasteiger charge is 2.15. The zero-order valence-electron chi connectivity index (χ0n) is 8.06. The molecular formula is C11H11F2NO. The molecule has 2 nitrogen and oxygen atoms in total. The number of fused-ring (bicyclic) bond motifs is 1. The van der Waals surface area contributed by atoms with Crippen molar-refractivity contribution in [1.29, 1.82) is 0 Å². The Morgan fingerprint density at radius 1 is 1.27 bits per heavy atom. The second-order valence-electron chi connectivity index (χ2n) is 3.55. The minimum atomic E-state index is -0.619. The van der Waals surface area contributed by atoms with Crippen LogP contribution in [0.2, 0.25) is 0 Å². The average Bonchev–Trinajstić information content (AvgIpc) is 2.39. The van der Waals surface area contributed by atoms with Gasteiger partial charge in [0.2, 0.25) is 0 Å². The summed E-state index contributed by atoms with van der Waals surface area (Å²) in [4.78, 5) is 0. The molecule has 2 N–H and O–H groups in total. The molecule has 0 aromatic heterocycles. The Bertz CT molecular complexity index is 415. The molecule has 1 aromatic carbocycles. The Kier molecular flexibility index (Phi) is 2.58. The maximum absolute atomic E-state index is 13.4. The van der Waals surface area contributed by atoms with Crippen molar-refractivity contribution in [1.82, 2.24) is 0 Å². The molecule has 2 rings (SSSR count). The van der Waals surface area contributed by atoms with E-state index in [1.54, 1.807) is 0 Å². The van der Waals surface area contributed by atoms with Gasteiger partial charge in [0.1, 0.15) is 11.6 Å². The number of aliphatic hydroxyl groups is 1. The fourth-order valence-electron chi connectivity index (χ4n) is 1.75. The molecule has 0 aliphatic carbocycles. The number of aliphatic hydroxyl groups excluding tert-OH is 1. The number of nitrogens with one attached hydrogen (secondary N) is 1. The van der Waals surface area contributed by atoms with Crippen LogP contribution in [-0.4, -0.2) is 5.11 Å². The molecule has 0 unspecified atom stereocenters. The van der Waals surface area contributed by atoms with Crippen molar-refractivity contribution in [3.63, 3.8) is 0 Å². The van der Waals surface area contributed by atoms with E-state index in [1.807, 2.05) is 0 Å². The van der Waals surface area contributed by atoms with E-state index in [0.29, 0.717) is 24.1 Å². The van der Waals surface area contributed by atoms with E-state index in [0.717, 1.165) is 18.7 Å². The molecule has 0 atom stereocenters.